The van der Waals surface area contributed by atoms with Crippen LogP contribution in [0.1, 0.15) is 36.1 Å². The fourth-order valence-corrected chi connectivity index (χ4v) is 2.48. The monoisotopic (exact) mass is 223 g/mol. The molecule has 3 atom stereocenters. The lowest BCUT2D eigenvalue weighted by Gasteiger charge is -2.15. The molecular weight excluding hydrogens is 206 g/mol. The minimum atomic E-state index is 0.117. The molecule has 0 spiro atoms. The molecule has 0 radical (unpaired) electrons. The normalized spacial score (nSPS) is 26.5. The molecule has 82 valence electrons. The van der Waals surface area contributed by atoms with Crippen LogP contribution in [0.5, 0.6) is 0 Å². The Morgan fingerprint density at radius 3 is 2.40 bits per heavy atom. The lowest BCUT2D eigenvalue weighted by molar-refractivity contribution is 0.593. The molecule has 0 bridgehead atoms. The molecule has 1 saturated carbocycles. The summed E-state index contributed by atoms with van der Waals surface area (Å²) in [5, 5.41) is 0.824. The van der Waals surface area contributed by atoms with E-state index in [9.17, 15) is 0 Å². The van der Waals surface area contributed by atoms with Gasteiger partial charge in [0.25, 0.3) is 0 Å². The predicted octanol–water partition coefficient (Wildman–Crippen LogP) is 3.61. The van der Waals surface area contributed by atoms with Gasteiger partial charge in [-0.05, 0) is 54.9 Å². The summed E-state index contributed by atoms with van der Waals surface area (Å²) in [4.78, 5) is 0. The molecule has 1 nitrogen and oxygen atoms in total. The molecule has 0 aromatic heterocycles. The van der Waals surface area contributed by atoms with Crippen molar-refractivity contribution < 1.29 is 0 Å². The van der Waals surface area contributed by atoms with Crippen molar-refractivity contribution in [3.05, 3.63) is 33.8 Å². The first-order chi connectivity index (χ1) is 7.00. The van der Waals surface area contributed by atoms with Crippen molar-refractivity contribution in [1.82, 2.24) is 0 Å². The van der Waals surface area contributed by atoms with Crippen LogP contribution >= 0.6 is 11.6 Å². The van der Waals surface area contributed by atoms with Crippen LogP contribution in [0.3, 0.4) is 0 Å². The number of aryl methyl sites for hydroxylation is 2. The third-order valence-electron chi connectivity index (χ3n) is 3.61. The number of hydrogen-bond donors (Lipinski definition) is 1. The summed E-state index contributed by atoms with van der Waals surface area (Å²) in [5.41, 5.74) is 9.86. The van der Waals surface area contributed by atoms with Crippen LogP contribution in [0.15, 0.2) is 12.1 Å². The molecule has 0 aliphatic heterocycles. The molecule has 3 unspecified atom stereocenters. The third kappa shape index (κ3) is 2.04. The molecule has 1 aromatic rings. The summed E-state index contributed by atoms with van der Waals surface area (Å²) >= 11 is 6.24. The van der Waals surface area contributed by atoms with Crippen molar-refractivity contribution in [2.45, 2.75) is 33.2 Å². The SMILES string of the molecule is Cc1cc(Cl)c(C(N)C2CC2C)cc1C. The molecule has 1 fully saturated rings. The van der Waals surface area contributed by atoms with E-state index < -0.39 is 0 Å². The fraction of sp³-hybridized carbons (Fsp3) is 0.538. The van der Waals surface area contributed by atoms with Gasteiger partial charge >= 0.3 is 0 Å². The van der Waals surface area contributed by atoms with Gasteiger partial charge in [0.15, 0.2) is 0 Å². The van der Waals surface area contributed by atoms with E-state index in [0.29, 0.717) is 5.92 Å². The molecule has 1 aliphatic rings. The summed E-state index contributed by atoms with van der Waals surface area (Å²) in [7, 11) is 0. The number of benzene rings is 1. The van der Waals surface area contributed by atoms with Gasteiger partial charge in [-0.15, -0.1) is 0 Å². The maximum atomic E-state index is 6.24. The highest BCUT2D eigenvalue weighted by molar-refractivity contribution is 6.31. The quantitative estimate of drug-likeness (QED) is 0.815. The standard InChI is InChI=1S/C13H18ClN/c1-7-4-11(12(14)6-8(7)2)13(15)10-5-9(10)3/h4,6,9-10,13H,5,15H2,1-3H3. The summed E-state index contributed by atoms with van der Waals surface area (Å²) in [6.07, 6.45) is 1.24. The molecule has 15 heavy (non-hydrogen) atoms. The predicted molar refractivity (Wildman–Crippen MR) is 65.1 cm³/mol. The second-order valence-corrected chi connectivity index (χ2v) is 5.27. The number of rotatable bonds is 2. The first-order valence-corrected chi connectivity index (χ1v) is 5.90. The Kier molecular flexibility index (Phi) is 2.78. The minimum absolute atomic E-state index is 0.117. The van der Waals surface area contributed by atoms with Gasteiger partial charge < -0.3 is 5.73 Å². The smallest absolute Gasteiger partial charge is 0.0456 e. The van der Waals surface area contributed by atoms with Crippen LogP contribution in [0, 0.1) is 25.7 Å². The zero-order valence-electron chi connectivity index (χ0n) is 9.55. The summed E-state index contributed by atoms with van der Waals surface area (Å²) in [6.45, 7) is 6.44. The van der Waals surface area contributed by atoms with Crippen molar-refractivity contribution in [3.8, 4) is 0 Å². The molecule has 1 aliphatic carbocycles. The number of nitrogens with two attached hydrogens (primary N) is 1. The van der Waals surface area contributed by atoms with Gasteiger partial charge in [0.1, 0.15) is 0 Å². The van der Waals surface area contributed by atoms with Crippen molar-refractivity contribution in [2.75, 3.05) is 0 Å². The molecule has 2 heteroatoms. The van der Waals surface area contributed by atoms with Gasteiger partial charge in [0.05, 0.1) is 0 Å². The van der Waals surface area contributed by atoms with Crippen LogP contribution in [-0.4, -0.2) is 0 Å². The summed E-state index contributed by atoms with van der Waals surface area (Å²) < 4.78 is 0. The van der Waals surface area contributed by atoms with Crippen molar-refractivity contribution in [2.24, 2.45) is 17.6 Å². The van der Waals surface area contributed by atoms with Crippen molar-refractivity contribution in [1.29, 1.82) is 0 Å². The van der Waals surface area contributed by atoms with E-state index >= 15 is 0 Å². The van der Waals surface area contributed by atoms with Gasteiger partial charge in [0.2, 0.25) is 0 Å². The Bertz CT molecular complexity index is 386. The largest absolute Gasteiger partial charge is 0.324 e. The highest BCUT2D eigenvalue weighted by atomic mass is 35.5. The van der Waals surface area contributed by atoms with Crippen molar-refractivity contribution >= 4 is 11.6 Å². The van der Waals surface area contributed by atoms with E-state index in [-0.39, 0.29) is 6.04 Å². The average Bonchev–Trinajstić information content (AvgIpc) is 2.88. The maximum Gasteiger partial charge on any atom is 0.0456 e. The fourth-order valence-electron chi connectivity index (χ4n) is 2.14. The van der Waals surface area contributed by atoms with Gasteiger partial charge in [-0.25, -0.2) is 0 Å². The Hall–Kier alpha value is -0.530. The minimum Gasteiger partial charge on any atom is -0.324 e. The lowest BCUT2D eigenvalue weighted by Crippen LogP contribution is -2.14. The van der Waals surface area contributed by atoms with Gasteiger partial charge in [-0.1, -0.05) is 24.6 Å². The Morgan fingerprint density at radius 2 is 1.87 bits per heavy atom. The van der Waals surface area contributed by atoms with E-state index in [0.717, 1.165) is 16.5 Å². The maximum absolute atomic E-state index is 6.24. The van der Waals surface area contributed by atoms with Crippen LogP contribution < -0.4 is 5.73 Å². The topological polar surface area (TPSA) is 26.0 Å². The second-order valence-electron chi connectivity index (χ2n) is 4.86. The Balaban J connectivity index is 2.31. The molecule has 0 saturated heterocycles. The second kappa shape index (κ2) is 3.80. The van der Waals surface area contributed by atoms with Gasteiger partial charge in [0, 0.05) is 11.1 Å². The first-order valence-electron chi connectivity index (χ1n) is 5.53. The Morgan fingerprint density at radius 1 is 1.33 bits per heavy atom. The summed E-state index contributed by atoms with van der Waals surface area (Å²) in [6, 6.07) is 4.29. The van der Waals surface area contributed by atoms with Crippen LogP contribution in [0.2, 0.25) is 5.02 Å². The van der Waals surface area contributed by atoms with E-state index in [4.69, 9.17) is 17.3 Å². The zero-order valence-corrected chi connectivity index (χ0v) is 10.3. The first kappa shape index (κ1) is 11.0. The highest BCUT2D eigenvalue weighted by Crippen LogP contribution is 2.47. The molecule has 2 rings (SSSR count). The Labute approximate surface area is 96.6 Å². The average molecular weight is 224 g/mol. The van der Waals surface area contributed by atoms with Crippen LogP contribution in [0.4, 0.5) is 0 Å². The van der Waals surface area contributed by atoms with E-state index in [1.807, 2.05) is 6.07 Å². The van der Waals surface area contributed by atoms with Gasteiger partial charge in [-0.3, -0.25) is 0 Å². The molecular formula is C13H18ClN. The van der Waals surface area contributed by atoms with Crippen LogP contribution in [0.25, 0.3) is 0 Å². The molecule has 0 amide bonds. The lowest BCUT2D eigenvalue weighted by atomic mass is 9.98. The van der Waals surface area contributed by atoms with Crippen LogP contribution in [-0.2, 0) is 0 Å². The summed E-state index contributed by atoms with van der Waals surface area (Å²) in [5.74, 6) is 1.39. The number of hydrogen-bond acceptors (Lipinski definition) is 1. The van der Waals surface area contributed by atoms with Crippen molar-refractivity contribution in [3.63, 3.8) is 0 Å². The van der Waals surface area contributed by atoms with E-state index in [1.165, 1.54) is 17.5 Å². The van der Waals surface area contributed by atoms with E-state index in [2.05, 4.69) is 26.8 Å². The van der Waals surface area contributed by atoms with Gasteiger partial charge in [-0.2, -0.15) is 0 Å². The zero-order chi connectivity index (χ0) is 11.2. The van der Waals surface area contributed by atoms with E-state index in [1.54, 1.807) is 0 Å². The number of halogens is 1. The third-order valence-corrected chi connectivity index (χ3v) is 3.93. The molecule has 0 heterocycles. The molecule has 1 aromatic carbocycles. The molecule has 2 N–H and O–H groups in total. The highest BCUT2D eigenvalue weighted by Gasteiger charge is 2.38.